The van der Waals surface area contributed by atoms with Gasteiger partial charge in [0.15, 0.2) is 0 Å². The maximum absolute atomic E-state index is 11.9. The maximum Gasteiger partial charge on any atom is 0.500 e. The first-order chi connectivity index (χ1) is 12.5. The Morgan fingerprint density at radius 2 is 1.31 bits per heavy atom. The number of unbranched alkanes of at least 4 members (excludes halogenated alkanes) is 5. The molecule has 0 fully saturated rings. The summed E-state index contributed by atoms with van der Waals surface area (Å²) in [6.07, 6.45) is 7.83. The van der Waals surface area contributed by atoms with Crippen LogP contribution in [0, 0.1) is 0 Å². The van der Waals surface area contributed by atoms with E-state index >= 15 is 0 Å². The minimum absolute atomic E-state index is 0.242. The lowest BCUT2D eigenvalue weighted by Crippen LogP contribution is -2.46. The molecule has 0 aromatic rings. The van der Waals surface area contributed by atoms with Crippen molar-refractivity contribution in [1.82, 2.24) is 0 Å². The fourth-order valence-electron chi connectivity index (χ4n) is 2.70. The largest absolute Gasteiger partial charge is 0.500 e. The molecule has 0 bridgehead atoms. The van der Waals surface area contributed by atoms with Crippen molar-refractivity contribution in [1.29, 1.82) is 0 Å². The third kappa shape index (κ3) is 12.2. The smallest absolute Gasteiger partial charge is 0.374 e. The van der Waals surface area contributed by atoms with E-state index in [0.29, 0.717) is 38.0 Å². The molecular weight excluding hydrogens is 368 g/mol. The van der Waals surface area contributed by atoms with Gasteiger partial charge in [0.25, 0.3) is 5.12 Å². The predicted octanol–water partition coefficient (Wildman–Crippen LogP) is 5.00. The molecule has 154 valence electrons. The molecule has 26 heavy (non-hydrogen) atoms. The molecule has 0 saturated heterocycles. The molecule has 0 aliphatic heterocycles. The average molecular weight is 407 g/mol. The topological polar surface area (TPSA) is 61.8 Å². The molecule has 0 aliphatic rings. The Labute approximate surface area is 165 Å². The van der Waals surface area contributed by atoms with Crippen molar-refractivity contribution in [2.75, 3.05) is 25.6 Å². The number of thioether (sulfide) groups is 1. The van der Waals surface area contributed by atoms with Gasteiger partial charge in [0, 0.05) is 38.0 Å². The molecule has 0 aromatic carbocycles. The van der Waals surface area contributed by atoms with Gasteiger partial charge in [0.05, 0.1) is 0 Å². The number of hydrogen-bond donors (Lipinski definition) is 0. The number of ketones is 1. The molecule has 0 unspecified atom stereocenters. The van der Waals surface area contributed by atoms with Crippen LogP contribution in [0.3, 0.4) is 0 Å². The molecule has 0 saturated carbocycles. The van der Waals surface area contributed by atoms with Crippen molar-refractivity contribution in [3.05, 3.63) is 0 Å². The molecule has 7 heteroatoms. The summed E-state index contributed by atoms with van der Waals surface area (Å²) < 4.78 is 17.4. The molecule has 0 radical (unpaired) electrons. The Morgan fingerprint density at radius 3 is 1.85 bits per heavy atom. The molecule has 0 atom stereocenters. The highest BCUT2D eigenvalue weighted by Crippen LogP contribution is 2.20. The Kier molecular flexibility index (Phi) is 16.8. The van der Waals surface area contributed by atoms with Crippen LogP contribution in [0.5, 0.6) is 0 Å². The van der Waals surface area contributed by atoms with Crippen LogP contribution in [0.2, 0.25) is 6.04 Å². The zero-order valence-electron chi connectivity index (χ0n) is 17.1. The number of Topliss-reactive ketones (excluding diaryl/α,β-unsaturated/α-hetero) is 1. The van der Waals surface area contributed by atoms with Crippen molar-refractivity contribution in [3.63, 3.8) is 0 Å². The first-order valence-corrected chi connectivity index (χ1v) is 13.1. The Hall–Kier alpha value is -0.213. The SMILES string of the molecule is CCCCCCCCC(=O)C(=O)SCCC[Si](OCC)(OCC)OCC. The third-order valence-electron chi connectivity index (χ3n) is 3.94. The van der Waals surface area contributed by atoms with E-state index in [1.54, 1.807) is 0 Å². The van der Waals surface area contributed by atoms with Crippen LogP contribution >= 0.6 is 11.8 Å². The van der Waals surface area contributed by atoms with Crippen molar-refractivity contribution in [2.24, 2.45) is 0 Å². The van der Waals surface area contributed by atoms with Gasteiger partial charge in [-0.25, -0.2) is 0 Å². The van der Waals surface area contributed by atoms with Gasteiger partial charge >= 0.3 is 8.80 Å². The number of carbonyl (C=O) groups excluding carboxylic acids is 2. The van der Waals surface area contributed by atoms with Crippen molar-refractivity contribution < 1.29 is 22.9 Å². The highest BCUT2D eigenvalue weighted by molar-refractivity contribution is 8.15. The predicted molar refractivity (Wildman–Crippen MR) is 111 cm³/mol. The van der Waals surface area contributed by atoms with E-state index in [9.17, 15) is 9.59 Å². The fraction of sp³-hybridized carbons (Fsp3) is 0.895. The zero-order chi connectivity index (χ0) is 19.7. The van der Waals surface area contributed by atoms with E-state index in [2.05, 4.69) is 6.92 Å². The van der Waals surface area contributed by atoms with Crippen molar-refractivity contribution in [2.45, 2.75) is 85.1 Å². The second kappa shape index (κ2) is 16.9. The summed E-state index contributed by atoms with van der Waals surface area (Å²) in [4.78, 5) is 23.8. The molecule has 0 aliphatic carbocycles. The van der Waals surface area contributed by atoms with E-state index in [4.69, 9.17) is 13.3 Å². The molecule has 5 nitrogen and oxygen atoms in total. The van der Waals surface area contributed by atoms with Gasteiger partial charge in [-0.15, -0.1) is 0 Å². The van der Waals surface area contributed by atoms with Crippen molar-refractivity contribution >= 4 is 31.5 Å². The summed E-state index contributed by atoms with van der Waals surface area (Å²) >= 11 is 1.12. The van der Waals surface area contributed by atoms with Crippen LogP contribution in [0.1, 0.15) is 79.1 Å². The van der Waals surface area contributed by atoms with Gasteiger partial charge in [0.1, 0.15) is 0 Å². The second-order valence-electron chi connectivity index (χ2n) is 6.16. The minimum Gasteiger partial charge on any atom is -0.374 e. The highest BCUT2D eigenvalue weighted by atomic mass is 32.2. The zero-order valence-corrected chi connectivity index (χ0v) is 19.0. The Bertz CT molecular complexity index is 362. The number of hydrogen-bond acceptors (Lipinski definition) is 6. The van der Waals surface area contributed by atoms with Gasteiger partial charge < -0.3 is 13.3 Å². The monoisotopic (exact) mass is 406 g/mol. The first kappa shape index (κ1) is 25.8. The lowest BCUT2D eigenvalue weighted by atomic mass is 10.1. The quantitative estimate of drug-likeness (QED) is 0.181. The first-order valence-electron chi connectivity index (χ1n) is 10.2. The normalized spacial score (nSPS) is 11.7. The van der Waals surface area contributed by atoms with Crippen LogP contribution in [-0.2, 0) is 22.9 Å². The van der Waals surface area contributed by atoms with E-state index < -0.39 is 8.80 Å². The number of carbonyl (C=O) groups is 2. The summed E-state index contributed by atoms with van der Waals surface area (Å²) in [5.41, 5.74) is 0. The Morgan fingerprint density at radius 1 is 0.769 bits per heavy atom. The van der Waals surface area contributed by atoms with Crippen LogP contribution in [0.4, 0.5) is 0 Å². The van der Waals surface area contributed by atoms with Crippen LogP contribution in [0.15, 0.2) is 0 Å². The summed E-state index contributed by atoms with van der Waals surface area (Å²) in [5, 5.41) is -0.310. The van der Waals surface area contributed by atoms with E-state index in [1.807, 2.05) is 20.8 Å². The molecule has 0 N–H and O–H groups in total. The average Bonchev–Trinajstić information content (AvgIpc) is 2.62. The summed E-state index contributed by atoms with van der Waals surface area (Å²) in [7, 11) is -2.64. The summed E-state index contributed by atoms with van der Waals surface area (Å²) in [6.45, 7) is 9.62. The van der Waals surface area contributed by atoms with E-state index in [1.165, 1.54) is 19.3 Å². The van der Waals surface area contributed by atoms with Crippen LogP contribution in [-0.4, -0.2) is 45.3 Å². The summed E-state index contributed by atoms with van der Waals surface area (Å²) in [6, 6.07) is 0.675. The molecule has 0 spiro atoms. The molecule has 0 heterocycles. The fourth-order valence-corrected chi connectivity index (χ4v) is 6.31. The lowest BCUT2D eigenvalue weighted by Gasteiger charge is -2.28. The van der Waals surface area contributed by atoms with Crippen LogP contribution in [0.25, 0.3) is 0 Å². The van der Waals surface area contributed by atoms with Gasteiger partial charge in [-0.3, -0.25) is 9.59 Å². The molecule has 0 aromatic heterocycles. The Balaban J connectivity index is 4.04. The molecule has 0 rings (SSSR count). The van der Waals surface area contributed by atoms with Gasteiger partial charge in [0.2, 0.25) is 5.78 Å². The van der Waals surface area contributed by atoms with Gasteiger partial charge in [-0.05, 0) is 33.6 Å². The maximum atomic E-state index is 11.9. The third-order valence-corrected chi connectivity index (χ3v) is 8.07. The second-order valence-corrected chi connectivity index (χ2v) is 9.96. The lowest BCUT2D eigenvalue weighted by molar-refractivity contribution is -0.131. The minimum atomic E-state index is -2.64. The summed E-state index contributed by atoms with van der Waals surface area (Å²) in [5.74, 6) is 0.358. The van der Waals surface area contributed by atoms with Gasteiger partial charge in [-0.2, -0.15) is 0 Å². The van der Waals surface area contributed by atoms with E-state index in [0.717, 1.165) is 37.4 Å². The van der Waals surface area contributed by atoms with E-state index in [-0.39, 0.29) is 10.9 Å². The van der Waals surface area contributed by atoms with Crippen LogP contribution < -0.4 is 0 Å². The van der Waals surface area contributed by atoms with Crippen molar-refractivity contribution in [3.8, 4) is 0 Å². The highest BCUT2D eigenvalue weighted by Gasteiger charge is 2.39. The molecule has 0 amide bonds. The molecular formula is C19H38O5SSi. The number of rotatable bonds is 18. The standard InChI is InChI=1S/C19H38O5SSi/c1-5-9-10-11-12-13-15-18(20)19(21)25-16-14-17-26(22-6-2,23-7-3)24-8-4/h5-17H2,1-4H3. The van der Waals surface area contributed by atoms with Gasteiger partial charge in [-0.1, -0.05) is 50.8 Å².